The molecule has 37 heavy (non-hydrogen) atoms. The molecule has 6 nitrogen and oxygen atoms in total. The van der Waals surface area contributed by atoms with Gasteiger partial charge in [0, 0.05) is 42.2 Å². The molecule has 0 radical (unpaired) electrons. The second-order valence-electron chi connectivity index (χ2n) is 9.33. The Morgan fingerprint density at radius 2 is 1.84 bits per heavy atom. The van der Waals surface area contributed by atoms with E-state index >= 15 is 0 Å². The minimum absolute atomic E-state index is 0. The van der Waals surface area contributed by atoms with E-state index in [9.17, 15) is 4.79 Å². The van der Waals surface area contributed by atoms with Gasteiger partial charge in [-0.1, -0.05) is 18.2 Å². The molecule has 0 aliphatic carbocycles. The van der Waals surface area contributed by atoms with E-state index in [4.69, 9.17) is 9.47 Å². The molecule has 1 aliphatic rings. The Kier molecular flexibility index (Phi) is 7.55. The van der Waals surface area contributed by atoms with Crippen molar-refractivity contribution < 1.29 is 14.3 Å². The number of hydrogen-bond acceptors (Lipinski definition) is 5. The maximum Gasteiger partial charge on any atom is 0.211 e. The van der Waals surface area contributed by atoms with E-state index in [-0.39, 0.29) is 18.2 Å². The molecule has 8 heteroatoms. The third-order valence-electron chi connectivity index (χ3n) is 7.00. The van der Waals surface area contributed by atoms with E-state index in [0.29, 0.717) is 24.8 Å². The summed E-state index contributed by atoms with van der Waals surface area (Å²) in [5.41, 5.74) is 3.55. The van der Waals surface area contributed by atoms with Crippen LogP contribution in [0.3, 0.4) is 0 Å². The molecular formula is C29H30ClN3O3S. The number of benzene rings is 2. The van der Waals surface area contributed by atoms with Gasteiger partial charge < -0.3 is 23.9 Å². The van der Waals surface area contributed by atoms with Crippen molar-refractivity contribution >= 4 is 50.6 Å². The fraction of sp³-hybridized carbons (Fsp3) is 0.276. The van der Waals surface area contributed by atoms with Crippen LogP contribution < -0.4 is 14.8 Å². The van der Waals surface area contributed by atoms with Crippen molar-refractivity contribution in [3.8, 4) is 11.5 Å². The molecule has 5 aromatic rings. The summed E-state index contributed by atoms with van der Waals surface area (Å²) in [5.74, 6) is 2.31. The van der Waals surface area contributed by atoms with Crippen molar-refractivity contribution in [1.29, 1.82) is 0 Å². The standard InChI is InChI=1S/C29H29N3O3S.ClH/c1-31-26-11-15-36-28(26)16-27(31)29(33)24-18-32(25-5-3-2-4-23(24)25)13-14-34-21-6-8-22(9-7-21)35-19-20-10-12-30-17-20;/h2-9,11,15-16,18,20,30H,10,12-14,17,19H2,1H3;1H. The lowest BCUT2D eigenvalue weighted by Crippen LogP contribution is -2.15. The first-order valence-corrected chi connectivity index (χ1v) is 13.3. The van der Waals surface area contributed by atoms with E-state index < -0.39 is 0 Å². The SMILES string of the molecule is Cl.Cn1c(C(=O)c2cn(CCOc3ccc(OCC4CCNC4)cc3)c3ccccc23)cc2sccc21. The van der Waals surface area contributed by atoms with Crippen LogP contribution in [0.15, 0.2) is 72.2 Å². The minimum Gasteiger partial charge on any atom is -0.493 e. The predicted molar refractivity (Wildman–Crippen MR) is 152 cm³/mol. The van der Waals surface area contributed by atoms with Crippen LogP contribution in [0.5, 0.6) is 11.5 Å². The fourth-order valence-corrected chi connectivity index (χ4v) is 5.83. The van der Waals surface area contributed by atoms with Crippen LogP contribution in [0.25, 0.3) is 21.1 Å². The van der Waals surface area contributed by atoms with Gasteiger partial charge in [-0.2, -0.15) is 0 Å². The molecule has 4 heterocycles. The Morgan fingerprint density at radius 1 is 1.05 bits per heavy atom. The largest absolute Gasteiger partial charge is 0.493 e. The second kappa shape index (κ2) is 11.0. The van der Waals surface area contributed by atoms with Gasteiger partial charge in [-0.3, -0.25) is 4.79 Å². The number of nitrogens with one attached hydrogen (secondary N) is 1. The molecular weight excluding hydrogens is 506 g/mol. The molecule has 192 valence electrons. The van der Waals surface area contributed by atoms with Crippen molar-refractivity contribution in [1.82, 2.24) is 14.5 Å². The fourth-order valence-electron chi connectivity index (χ4n) is 4.98. The van der Waals surface area contributed by atoms with Crippen LogP contribution >= 0.6 is 23.7 Å². The highest BCUT2D eigenvalue weighted by Gasteiger charge is 2.21. The molecule has 1 aliphatic heterocycles. The van der Waals surface area contributed by atoms with Crippen LogP contribution in [0.2, 0.25) is 0 Å². The maximum absolute atomic E-state index is 13.6. The van der Waals surface area contributed by atoms with Crippen molar-refractivity contribution in [3.05, 3.63) is 83.5 Å². The van der Waals surface area contributed by atoms with Crippen molar-refractivity contribution in [3.63, 3.8) is 0 Å². The first-order chi connectivity index (χ1) is 17.7. The number of aromatic nitrogens is 2. The average molecular weight is 536 g/mol. The molecule has 0 spiro atoms. The number of nitrogens with zero attached hydrogens (tertiary/aromatic N) is 2. The zero-order valence-electron chi connectivity index (χ0n) is 20.7. The molecule has 0 amide bonds. The van der Waals surface area contributed by atoms with E-state index in [2.05, 4.69) is 27.4 Å². The first-order valence-electron chi connectivity index (χ1n) is 12.4. The molecule has 1 unspecified atom stereocenters. The Morgan fingerprint density at radius 3 is 2.59 bits per heavy atom. The van der Waals surface area contributed by atoms with Gasteiger partial charge in [0.15, 0.2) is 0 Å². The highest BCUT2D eigenvalue weighted by Crippen LogP contribution is 2.29. The number of para-hydroxylation sites is 1. The third-order valence-corrected chi connectivity index (χ3v) is 7.86. The third kappa shape index (κ3) is 5.12. The van der Waals surface area contributed by atoms with Gasteiger partial charge in [0.1, 0.15) is 18.1 Å². The number of carbonyl (C=O) groups is 1. The van der Waals surface area contributed by atoms with Gasteiger partial charge >= 0.3 is 0 Å². The molecule has 1 N–H and O–H groups in total. The summed E-state index contributed by atoms with van der Waals surface area (Å²) in [7, 11) is 1.96. The van der Waals surface area contributed by atoms with Crippen molar-refractivity contribution in [2.24, 2.45) is 13.0 Å². The molecule has 0 bridgehead atoms. The molecule has 1 fully saturated rings. The van der Waals surface area contributed by atoms with Gasteiger partial charge in [-0.25, -0.2) is 0 Å². The Hall–Kier alpha value is -3.26. The first kappa shape index (κ1) is 25.4. The normalized spacial score (nSPS) is 15.2. The zero-order valence-corrected chi connectivity index (χ0v) is 22.3. The summed E-state index contributed by atoms with van der Waals surface area (Å²) in [5, 5.41) is 6.39. The van der Waals surface area contributed by atoms with Crippen LogP contribution in [-0.2, 0) is 13.6 Å². The number of fused-ring (bicyclic) bond motifs is 2. The Bertz CT molecular complexity index is 1510. The Balaban J connectivity index is 0.00000280. The highest BCUT2D eigenvalue weighted by molar-refractivity contribution is 7.17. The van der Waals surface area contributed by atoms with Crippen LogP contribution in [-0.4, -0.2) is 41.2 Å². The van der Waals surface area contributed by atoms with Crippen molar-refractivity contribution in [2.75, 3.05) is 26.3 Å². The lowest BCUT2D eigenvalue weighted by Gasteiger charge is -2.12. The second-order valence-corrected chi connectivity index (χ2v) is 10.3. The van der Waals surface area contributed by atoms with Gasteiger partial charge in [0.25, 0.3) is 0 Å². The van der Waals surface area contributed by atoms with E-state index in [1.165, 1.54) is 6.42 Å². The lowest BCUT2D eigenvalue weighted by atomic mass is 10.1. The van der Waals surface area contributed by atoms with E-state index in [0.717, 1.165) is 57.9 Å². The number of ketones is 1. The maximum atomic E-state index is 13.6. The summed E-state index contributed by atoms with van der Waals surface area (Å²) in [6.07, 6.45) is 3.14. The van der Waals surface area contributed by atoms with Crippen molar-refractivity contribution in [2.45, 2.75) is 13.0 Å². The molecule has 6 rings (SSSR count). The number of aryl methyl sites for hydroxylation is 1. The number of thiophene rings is 1. The number of ether oxygens (including phenoxy) is 2. The summed E-state index contributed by atoms with van der Waals surface area (Å²) in [6.45, 7) is 4.00. The summed E-state index contributed by atoms with van der Waals surface area (Å²) in [4.78, 5) is 13.6. The van der Waals surface area contributed by atoms with E-state index in [1.54, 1.807) is 11.3 Å². The smallest absolute Gasteiger partial charge is 0.211 e. The lowest BCUT2D eigenvalue weighted by molar-refractivity contribution is 0.103. The van der Waals surface area contributed by atoms with Gasteiger partial charge in [-0.15, -0.1) is 23.7 Å². The topological polar surface area (TPSA) is 57.4 Å². The number of halogens is 1. The molecule has 2 aromatic carbocycles. The zero-order chi connectivity index (χ0) is 24.5. The molecule has 1 saturated heterocycles. The van der Waals surface area contributed by atoms with Crippen LogP contribution in [0, 0.1) is 5.92 Å². The summed E-state index contributed by atoms with van der Waals surface area (Å²) in [6, 6.07) is 19.9. The quantitative estimate of drug-likeness (QED) is 0.238. The Labute approximate surface area is 226 Å². The van der Waals surface area contributed by atoms with Gasteiger partial charge in [0.05, 0.1) is 29.1 Å². The number of carbonyl (C=O) groups excluding carboxylic acids is 1. The molecule has 3 aromatic heterocycles. The average Bonchev–Trinajstić information content (AvgIpc) is 3.70. The van der Waals surface area contributed by atoms with Gasteiger partial charge in [-0.05, 0) is 60.8 Å². The highest BCUT2D eigenvalue weighted by atomic mass is 35.5. The van der Waals surface area contributed by atoms with Crippen LogP contribution in [0.4, 0.5) is 0 Å². The van der Waals surface area contributed by atoms with Gasteiger partial charge in [0.2, 0.25) is 5.78 Å². The predicted octanol–water partition coefficient (Wildman–Crippen LogP) is 5.91. The monoisotopic (exact) mass is 535 g/mol. The van der Waals surface area contributed by atoms with Crippen LogP contribution in [0.1, 0.15) is 22.5 Å². The number of hydrogen-bond donors (Lipinski definition) is 1. The molecule has 1 atom stereocenters. The summed E-state index contributed by atoms with van der Waals surface area (Å²) < 4.78 is 17.2. The summed E-state index contributed by atoms with van der Waals surface area (Å²) >= 11 is 1.66. The minimum atomic E-state index is 0. The molecule has 0 saturated carbocycles. The number of rotatable bonds is 9. The van der Waals surface area contributed by atoms with E-state index in [1.807, 2.05) is 66.3 Å².